The molecule has 0 radical (unpaired) electrons. The van der Waals surface area contributed by atoms with Gasteiger partial charge in [-0.15, -0.1) is 11.3 Å². The Morgan fingerprint density at radius 2 is 2.33 bits per heavy atom. The molecule has 0 unspecified atom stereocenters. The van der Waals surface area contributed by atoms with Crippen LogP contribution >= 0.6 is 27.3 Å². The lowest BCUT2D eigenvalue weighted by molar-refractivity contribution is -0.384. The average molecular weight is 328 g/mol. The Balaban J connectivity index is 2.13. The van der Waals surface area contributed by atoms with Gasteiger partial charge in [-0.25, -0.2) is 4.98 Å². The number of aryl methyl sites for hydroxylation is 1. The molecule has 0 bridgehead atoms. The molecule has 18 heavy (non-hydrogen) atoms. The Kier molecular flexibility index (Phi) is 3.93. The zero-order valence-corrected chi connectivity index (χ0v) is 11.9. The van der Waals surface area contributed by atoms with Gasteiger partial charge in [-0.05, 0) is 28.9 Å². The maximum absolute atomic E-state index is 10.7. The third kappa shape index (κ3) is 3.05. The van der Waals surface area contributed by atoms with Crippen LogP contribution in [0.25, 0.3) is 0 Å². The van der Waals surface area contributed by atoms with E-state index in [1.54, 1.807) is 17.4 Å². The molecule has 1 aromatic carbocycles. The van der Waals surface area contributed by atoms with Crippen molar-refractivity contribution in [2.45, 2.75) is 13.5 Å². The van der Waals surface area contributed by atoms with Crippen molar-refractivity contribution in [1.82, 2.24) is 4.98 Å². The number of non-ortho nitro benzene ring substituents is 1. The molecule has 94 valence electrons. The average Bonchev–Trinajstić information content (AvgIpc) is 2.74. The van der Waals surface area contributed by atoms with E-state index in [4.69, 9.17) is 0 Å². The summed E-state index contributed by atoms with van der Waals surface area (Å²) in [4.78, 5) is 14.6. The van der Waals surface area contributed by atoms with Crippen molar-refractivity contribution < 1.29 is 4.92 Å². The number of hydrogen-bond donors (Lipinski definition) is 1. The second-order valence-electron chi connectivity index (χ2n) is 3.63. The molecule has 1 aromatic heterocycles. The quantitative estimate of drug-likeness (QED) is 0.686. The maximum atomic E-state index is 10.7. The fourth-order valence-electron chi connectivity index (χ4n) is 1.44. The van der Waals surface area contributed by atoms with Crippen LogP contribution in [-0.4, -0.2) is 9.91 Å². The number of benzene rings is 1. The Labute approximate surface area is 116 Å². The molecule has 2 aromatic rings. The number of nitrogens with zero attached hydrogens (tertiary/aromatic N) is 2. The smallest absolute Gasteiger partial charge is 0.271 e. The first-order valence-corrected chi connectivity index (χ1v) is 6.82. The summed E-state index contributed by atoms with van der Waals surface area (Å²) in [7, 11) is 0. The summed E-state index contributed by atoms with van der Waals surface area (Å²) in [6.45, 7) is 2.49. The van der Waals surface area contributed by atoms with E-state index >= 15 is 0 Å². The van der Waals surface area contributed by atoms with Crippen LogP contribution in [0.2, 0.25) is 0 Å². The molecule has 2 rings (SSSR count). The third-order valence-electron chi connectivity index (χ3n) is 2.29. The van der Waals surface area contributed by atoms with Crippen molar-refractivity contribution in [3.05, 3.63) is 48.9 Å². The largest absolute Gasteiger partial charge is 0.378 e. The lowest BCUT2D eigenvalue weighted by Crippen LogP contribution is -2.01. The molecule has 7 heteroatoms. The van der Waals surface area contributed by atoms with Crippen LogP contribution < -0.4 is 5.32 Å². The van der Waals surface area contributed by atoms with Gasteiger partial charge in [0.15, 0.2) is 0 Å². The summed E-state index contributed by atoms with van der Waals surface area (Å²) in [5.74, 6) is 0. The molecule has 5 nitrogen and oxygen atoms in total. The van der Waals surface area contributed by atoms with E-state index in [9.17, 15) is 10.1 Å². The van der Waals surface area contributed by atoms with Gasteiger partial charge in [-0.1, -0.05) is 0 Å². The fourth-order valence-corrected chi connectivity index (χ4v) is 2.44. The lowest BCUT2D eigenvalue weighted by Gasteiger charge is -2.06. The monoisotopic (exact) mass is 327 g/mol. The molecule has 0 aliphatic heterocycles. The van der Waals surface area contributed by atoms with Gasteiger partial charge in [-0.2, -0.15) is 0 Å². The van der Waals surface area contributed by atoms with Gasteiger partial charge in [0.05, 0.1) is 27.9 Å². The molecular weight excluding hydrogens is 318 g/mol. The normalized spacial score (nSPS) is 10.3. The number of nitro groups is 1. The molecule has 0 saturated heterocycles. The van der Waals surface area contributed by atoms with Gasteiger partial charge >= 0.3 is 0 Å². The van der Waals surface area contributed by atoms with Gasteiger partial charge in [0, 0.05) is 22.0 Å². The summed E-state index contributed by atoms with van der Waals surface area (Å²) in [5.41, 5.74) is 1.68. The second-order valence-corrected chi connectivity index (χ2v) is 5.55. The topological polar surface area (TPSA) is 68.1 Å². The number of rotatable bonds is 4. The molecule has 0 aliphatic carbocycles. The maximum Gasteiger partial charge on any atom is 0.271 e. The van der Waals surface area contributed by atoms with Gasteiger partial charge in [-0.3, -0.25) is 10.1 Å². The van der Waals surface area contributed by atoms with Crippen molar-refractivity contribution in [3.63, 3.8) is 0 Å². The molecule has 0 atom stereocenters. The number of aromatic nitrogens is 1. The first-order valence-electron chi connectivity index (χ1n) is 5.15. The Bertz CT molecular complexity index is 585. The fraction of sp³-hybridized carbons (Fsp3) is 0.182. The molecule has 0 aliphatic rings. The van der Waals surface area contributed by atoms with Crippen molar-refractivity contribution in [3.8, 4) is 0 Å². The van der Waals surface area contributed by atoms with E-state index in [0.717, 1.165) is 15.2 Å². The Morgan fingerprint density at radius 1 is 1.56 bits per heavy atom. The highest BCUT2D eigenvalue weighted by Gasteiger charge is 2.09. The molecule has 0 amide bonds. The lowest BCUT2D eigenvalue weighted by atomic mass is 10.3. The van der Waals surface area contributed by atoms with Crippen LogP contribution in [-0.2, 0) is 6.54 Å². The van der Waals surface area contributed by atoms with E-state index in [1.165, 1.54) is 12.1 Å². The van der Waals surface area contributed by atoms with Crippen molar-refractivity contribution in [2.24, 2.45) is 0 Å². The number of anilines is 1. The van der Waals surface area contributed by atoms with Crippen LogP contribution in [0.4, 0.5) is 11.4 Å². The molecule has 1 heterocycles. The number of hydrogen-bond acceptors (Lipinski definition) is 5. The van der Waals surface area contributed by atoms with E-state index in [-0.39, 0.29) is 5.69 Å². The molecule has 0 spiro atoms. The summed E-state index contributed by atoms with van der Waals surface area (Å²) in [6.07, 6.45) is 0. The van der Waals surface area contributed by atoms with Crippen molar-refractivity contribution in [1.29, 1.82) is 0 Å². The predicted molar refractivity (Wildman–Crippen MR) is 75.0 cm³/mol. The van der Waals surface area contributed by atoms with Crippen LogP contribution in [0.15, 0.2) is 28.1 Å². The highest BCUT2D eigenvalue weighted by Crippen LogP contribution is 2.27. The molecule has 1 N–H and O–H groups in total. The van der Waals surface area contributed by atoms with Gasteiger partial charge in [0.2, 0.25) is 0 Å². The van der Waals surface area contributed by atoms with Crippen molar-refractivity contribution >= 4 is 38.6 Å². The van der Waals surface area contributed by atoms with Gasteiger partial charge < -0.3 is 5.32 Å². The van der Waals surface area contributed by atoms with E-state index in [2.05, 4.69) is 26.2 Å². The molecule has 0 fully saturated rings. The first-order chi connectivity index (χ1) is 8.56. The van der Waals surface area contributed by atoms with E-state index in [1.807, 2.05) is 12.3 Å². The van der Waals surface area contributed by atoms with Crippen molar-refractivity contribution in [2.75, 3.05) is 5.32 Å². The summed E-state index contributed by atoms with van der Waals surface area (Å²) in [6, 6.07) is 4.62. The second kappa shape index (κ2) is 5.45. The minimum Gasteiger partial charge on any atom is -0.378 e. The zero-order chi connectivity index (χ0) is 13.1. The summed E-state index contributed by atoms with van der Waals surface area (Å²) < 4.78 is 0.792. The zero-order valence-electron chi connectivity index (χ0n) is 9.51. The highest BCUT2D eigenvalue weighted by atomic mass is 79.9. The summed E-state index contributed by atoms with van der Waals surface area (Å²) in [5, 5.41) is 16.8. The molecular formula is C11H10BrN3O2S. The standard InChI is InChI=1S/C11H10BrN3O2S/c1-7-14-8(6-18-7)5-13-11-4-9(15(16)17)2-3-10(11)12/h2-4,6,13H,5H2,1H3. The SMILES string of the molecule is Cc1nc(CNc2cc([N+](=O)[O-])ccc2Br)cs1. The Morgan fingerprint density at radius 3 is 2.94 bits per heavy atom. The van der Waals surface area contributed by atoms with Crippen LogP contribution in [0.3, 0.4) is 0 Å². The highest BCUT2D eigenvalue weighted by molar-refractivity contribution is 9.10. The number of thiazole rings is 1. The van der Waals surface area contributed by atoms with Gasteiger partial charge in [0.25, 0.3) is 5.69 Å². The van der Waals surface area contributed by atoms with E-state index < -0.39 is 4.92 Å². The Hall–Kier alpha value is -1.47. The minimum atomic E-state index is -0.412. The predicted octanol–water partition coefficient (Wildman–Crippen LogP) is 3.73. The third-order valence-corrected chi connectivity index (χ3v) is 3.80. The first kappa shape index (κ1) is 13.0. The van der Waals surface area contributed by atoms with E-state index in [0.29, 0.717) is 12.2 Å². The van der Waals surface area contributed by atoms with Crippen LogP contribution in [0.1, 0.15) is 10.7 Å². The minimum absolute atomic E-state index is 0.0650. The summed E-state index contributed by atoms with van der Waals surface area (Å²) >= 11 is 4.94. The van der Waals surface area contributed by atoms with Crippen LogP contribution in [0.5, 0.6) is 0 Å². The van der Waals surface area contributed by atoms with Gasteiger partial charge in [0.1, 0.15) is 0 Å². The number of halogens is 1. The number of nitrogens with one attached hydrogen (secondary N) is 1. The van der Waals surface area contributed by atoms with Crippen LogP contribution in [0, 0.1) is 17.0 Å². The number of nitro benzene ring substituents is 1. The molecule has 0 saturated carbocycles.